The second-order valence-corrected chi connectivity index (χ2v) is 4.38. The van der Waals surface area contributed by atoms with Gasteiger partial charge in [-0.05, 0) is 32.9 Å². The van der Waals surface area contributed by atoms with Gasteiger partial charge in [0, 0.05) is 12.5 Å². The van der Waals surface area contributed by atoms with Crippen molar-refractivity contribution in [2.75, 3.05) is 19.8 Å². The minimum Gasteiger partial charge on any atom is -0.494 e. The van der Waals surface area contributed by atoms with Gasteiger partial charge in [0.25, 0.3) is 0 Å². The Hall–Kier alpha value is -1.22. The maximum atomic E-state index is 5.67. The Balaban J connectivity index is 2.24. The predicted octanol–water partition coefficient (Wildman–Crippen LogP) is 1.83. The quantitative estimate of drug-likeness (QED) is 0.701. The van der Waals surface area contributed by atoms with Crippen molar-refractivity contribution in [3.8, 4) is 11.5 Å². The molecule has 0 aliphatic carbocycles. The molecule has 2 N–H and O–H groups in total. The van der Waals surface area contributed by atoms with E-state index < -0.39 is 0 Å². The lowest BCUT2D eigenvalue weighted by atomic mass is 10.3. The van der Waals surface area contributed by atoms with Crippen LogP contribution in [-0.4, -0.2) is 25.8 Å². The van der Waals surface area contributed by atoms with Crippen molar-refractivity contribution >= 4 is 0 Å². The summed E-state index contributed by atoms with van der Waals surface area (Å²) < 4.78 is 11.1. The zero-order valence-electron chi connectivity index (χ0n) is 11.1. The van der Waals surface area contributed by atoms with E-state index in [0.29, 0.717) is 12.6 Å². The Labute approximate surface area is 104 Å². The molecule has 0 amide bonds. The van der Waals surface area contributed by atoms with E-state index in [1.54, 1.807) is 0 Å². The van der Waals surface area contributed by atoms with Crippen LogP contribution in [0.2, 0.25) is 0 Å². The van der Waals surface area contributed by atoms with Gasteiger partial charge in [0.15, 0.2) is 0 Å². The van der Waals surface area contributed by atoms with Crippen molar-refractivity contribution in [2.45, 2.75) is 33.2 Å². The molecule has 0 aliphatic rings. The predicted molar refractivity (Wildman–Crippen MR) is 69.7 cm³/mol. The molecule has 96 valence electrons. The molecule has 3 heteroatoms. The minimum absolute atomic E-state index is 0.663. The first-order chi connectivity index (χ1) is 8.22. The average molecular weight is 238 g/mol. The largest absolute Gasteiger partial charge is 0.494 e. The number of nitrogens with two attached hydrogens (primary N) is 1. The molecule has 0 heterocycles. The highest BCUT2D eigenvalue weighted by molar-refractivity contribution is 5.32. The summed E-state index contributed by atoms with van der Waals surface area (Å²) in [4.78, 5) is 0. The molecule has 17 heavy (non-hydrogen) atoms. The van der Waals surface area contributed by atoms with Crippen molar-refractivity contribution in [3.63, 3.8) is 0 Å². The van der Waals surface area contributed by atoms with E-state index in [4.69, 9.17) is 9.47 Å². The van der Waals surface area contributed by atoms with Crippen LogP contribution in [0.15, 0.2) is 24.3 Å². The van der Waals surface area contributed by atoms with E-state index in [1.807, 2.05) is 31.2 Å². The molecule has 0 bridgehead atoms. The Kier molecular flexibility index (Phi) is 6.48. The summed E-state index contributed by atoms with van der Waals surface area (Å²) in [7, 11) is 0. The van der Waals surface area contributed by atoms with Gasteiger partial charge in [-0.15, -0.1) is 0 Å². The highest BCUT2D eigenvalue weighted by atomic mass is 16.5. The maximum absolute atomic E-state index is 5.67. The van der Waals surface area contributed by atoms with Gasteiger partial charge in [-0.3, -0.25) is 0 Å². The lowest BCUT2D eigenvalue weighted by molar-refractivity contribution is -0.683. The number of ether oxygens (including phenoxy) is 2. The van der Waals surface area contributed by atoms with Crippen LogP contribution in [0.4, 0.5) is 0 Å². The van der Waals surface area contributed by atoms with Crippen molar-refractivity contribution in [3.05, 3.63) is 24.3 Å². The molecule has 1 aromatic rings. The van der Waals surface area contributed by atoms with Crippen LogP contribution in [0.1, 0.15) is 27.2 Å². The van der Waals surface area contributed by atoms with E-state index in [-0.39, 0.29) is 0 Å². The minimum atomic E-state index is 0.663. The molecular weight excluding hydrogens is 214 g/mol. The third kappa shape index (κ3) is 6.17. The smallest absolute Gasteiger partial charge is 0.122 e. The van der Waals surface area contributed by atoms with Gasteiger partial charge < -0.3 is 14.8 Å². The van der Waals surface area contributed by atoms with Crippen molar-refractivity contribution in [2.24, 2.45) is 0 Å². The van der Waals surface area contributed by atoms with E-state index >= 15 is 0 Å². The lowest BCUT2D eigenvalue weighted by Gasteiger charge is -2.09. The molecule has 0 saturated heterocycles. The number of quaternary nitrogens is 1. The van der Waals surface area contributed by atoms with Gasteiger partial charge >= 0.3 is 0 Å². The summed E-state index contributed by atoms with van der Waals surface area (Å²) in [6, 6.07) is 8.48. The Morgan fingerprint density at radius 1 is 1.18 bits per heavy atom. The lowest BCUT2D eigenvalue weighted by Crippen LogP contribution is -2.88. The SMILES string of the molecule is CCOc1cccc(OCCC[NH2+]C(C)C)c1. The van der Waals surface area contributed by atoms with Crippen molar-refractivity contribution in [1.82, 2.24) is 0 Å². The fraction of sp³-hybridized carbons (Fsp3) is 0.571. The van der Waals surface area contributed by atoms with Crippen LogP contribution in [0.25, 0.3) is 0 Å². The molecule has 0 spiro atoms. The summed E-state index contributed by atoms with van der Waals surface area (Å²) in [5.74, 6) is 1.76. The third-order valence-electron chi connectivity index (χ3n) is 2.37. The Morgan fingerprint density at radius 3 is 2.53 bits per heavy atom. The number of hydrogen-bond donors (Lipinski definition) is 1. The van der Waals surface area contributed by atoms with E-state index in [9.17, 15) is 0 Å². The fourth-order valence-electron chi connectivity index (χ4n) is 1.54. The van der Waals surface area contributed by atoms with Gasteiger partial charge in [0.05, 0.1) is 25.8 Å². The standard InChI is InChI=1S/C14H23NO2/c1-4-16-13-7-5-8-14(11-13)17-10-6-9-15-12(2)3/h5,7-8,11-12,15H,4,6,9-10H2,1-3H3/p+1. The summed E-state index contributed by atoms with van der Waals surface area (Å²) in [5, 5.41) is 2.32. The van der Waals surface area contributed by atoms with Crippen LogP contribution in [0.5, 0.6) is 11.5 Å². The first kappa shape index (κ1) is 13.8. The van der Waals surface area contributed by atoms with Gasteiger partial charge in [0.2, 0.25) is 0 Å². The van der Waals surface area contributed by atoms with E-state index in [1.165, 1.54) is 0 Å². The molecule has 0 unspecified atom stereocenters. The highest BCUT2D eigenvalue weighted by Crippen LogP contribution is 2.19. The zero-order chi connectivity index (χ0) is 12.5. The van der Waals surface area contributed by atoms with Gasteiger partial charge in [-0.1, -0.05) is 6.07 Å². The number of hydrogen-bond acceptors (Lipinski definition) is 2. The van der Waals surface area contributed by atoms with Gasteiger partial charge in [-0.2, -0.15) is 0 Å². The third-order valence-corrected chi connectivity index (χ3v) is 2.37. The molecule has 0 saturated carbocycles. The van der Waals surface area contributed by atoms with Crippen LogP contribution in [0.3, 0.4) is 0 Å². The van der Waals surface area contributed by atoms with Crippen LogP contribution >= 0.6 is 0 Å². The van der Waals surface area contributed by atoms with Crippen molar-refractivity contribution in [1.29, 1.82) is 0 Å². The Bertz CT molecular complexity index is 313. The van der Waals surface area contributed by atoms with Crippen molar-refractivity contribution < 1.29 is 14.8 Å². The fourth-order valence-corrected chi connectivity index (χ4v) is 1.54. The number of rotatable bonds is 8. The van der Waals surface area contributed by atoms with Gasteiger partial charge in [-0.25, -0.2) is 0 Å². The number of benzene rings is 1. The summed E-state index contributed by atoms with van der Waals surface area (Å²) in [6.07, 6.45) is 1.07. The first-order valence-corrected chi connectivity index (χ1v) is 6.41. The highest BCUT2D eigenvalue weighted by Gasteiger charge is 1.99. The molecule has 0 aromatic heterocycles. The van der Waals surface area contributed by atoms with Crippen LogP contribution < -0.4 is 14.8 Å². The van der Waals surface area contributed by atoms with E-state index in [2.05, 4.69) is 19.2 Å². The molecule has 0 atom stereocenters. The second kappa shape index (κ2) is 7.96. The molecule has 0 radical (unpaired) electrons. The topological polar surface area (TPSA) is 35.1 Å². The molecular formula is C14H24NO2+. The molecule has 1 aromatic carbocycles. The first-order valence-electron chi connectivity index (χ1n) is 6.41. The molecule has 0 aliphatic heterocycles. The molecule has 1 rings (SSSR count). The second-order valence-electron chi connectivity index (χ2n) is 4.38. The van der Waals surface area contributed by atoms with Crippen LogP contribution in [0, 0.1) is 0 Å². The Morgan fingerprint density at radius 2 is 1.88 bits per heavy atom. The van der Waals surface area contributed by atoms with Gasteiger partial charge in [0.1, 0.15) is 11.5 Å². The zero-order valence-corrected chi connectivity index (χ0v) is 11.1. The normalized spacial score (nSPS) is 10.6. The monoisotopic (exact) mass is 238 g/mol. The summed E-state index contributed by atoms with van der Waals surface area (Å²) in [5.41, 5.74) is 0. The maximum Gasteiger partial charge on any atom is 0.122 e. The molecule has 0 fully saturated rings. The average Bonchev–Trinajstić information content (AvgIpc) is 2.29. The molecule has 3 nitrogen and oxygen atoms in total. The summed E-state index contributed by atoms with van der Waals surface area (Å²) >= 11 is 0. The summed E-state index contributed by atoms with van der Waals surface area (Å²) in [6.45, 7) is 8.95. The van der Waals surface area contributed by atoms with E-state index in [0.717, 1.165) is 31.1 Å². The van der Waals surface area contributed by atoms with Crippen LogP contribution in [-0.2, 0) is 0 Å².